The first-order valence-corrected chi connectivity index (χ1v) is 6.87. The van der Waals surface area contributed by atoms with Gasteiger partial charge in [-0.25, -0.2) is 0 Å². The summed E-state index contributed by atoms with van der Waals surface area (Å²) in [6, 6.07) is 8.77. The van der Waals surface area contributed by atoms with Gasteiger partial charge >= 0.3 is 0 Å². The predicted molar refractivity (Wildman–Crippen MR) is 75.8 cm³/mol. The number of ether oxygens (including phenoxy) is 1. The van der Waals surface area contributed by atoms with Crippen molar-refractivity contribution in [3.63, 3.8) is 0 Å². The van der Waals surface area contributed by atoms with Crippen molar-refractivity contribution in [1.82, 2.24) is 0 Å². The molecule has 0 bridgehead atoms. The Morgan fingerprint density at radius 2 is 2.06 bits per heavy atom. The molecular weight excluding hydrogens is 222 g/mol. The second kappa shape index (κ2) is 5.02. The van der Waals surface area contributed by atoms with Crippen molar-refractivity contribution in [2.45, 2.75) is 50.5 Å². The summed E-state index contributed by atoms with van der Waals surface area (Å²) in [4.78, 5) is 0. The van der Waals surface area contributed by atoms with Gasteiger partial charge in [0.05, 0.1) is 5.60 Å². The monoisotopic (exact) mass is 247 g/mol. The lowest BCUT2D eigenvalue weighted by Crippen LogP contribution is -2.36. The van der Waals surface area contributed by atoms with E-state index in [-0.39, 0.29) is 11.0 Å². The van der Waals surface area contributed by atoms with Crippen molar-refractivity contribution in [2.24, 2.45) is 5.73 Å². The summed E-state index contributed by atoms with van der Waals surface area (Å²) in [5.41, 5.74) is 9.19. The van der Waals surface area contributed by atoms with Crippen LogP contribution in [0.5, 0.6) is 0 Å². The molecule has 2 rings (SSSR count). The number of hydrogen-bond acceptors (Lipinski definition) is 2. The van der Waals surface area contributed by atoms with Gasteiger partial charge in [-0.15, -0.1) is 0 Å². The molecule has 1 aromatic carbocycles. The van der Waals surface area contributed by atoms with Crippen molar-refractivity contribution >= 4 is 0 Å². The highest BCUT2D eigenvalue weighted by Gasteiger charge is 2.38. The highest BCUT2D eigenvalue weighted by molar-refractivity contribution is 5.39. The molecule has 2 nitrogen and oxygen atoms in total. The van der Waals surface area contributed by atoms with Crippen LogP contribution in [0.15, 0.2) is 24.3 Å². The van der Waals surface area contributed by atoms with E-state index in [1.165, 1.54) is 24.0 Å². The maximum atomic E-state index is 6.11. The molecule has 0 spiro atoms. The Kier molecular flexibility index (Phi) is 3.79. The fourth-order valence-electron chi connectivity index (χ4n) is 2.98. The van der Waals surface area contributed by atoms with Gasteiger partial charge in [0.2, 0.25) is 0 Å². The quantitative estimate of drug-likeness (QED) is 0.868. The van der Waals surface area contributed by atoms with Gasteiger partial charge in [0.15, 0.2) is 0 Å². The molecule has 1 unspecified atom stereocenters. The van der Waals surface area contributed by atoms with E-state index in [0.717, 1.165) is 19.4 Å². The van der Waals surface area contributed by atoms with Crippen LogP contribution in [0.25, 0.3) is 0 Å². The summed E-state index contributed by atoms with van der Waals surface area (Å²) >= 11 is 0. The number of benzene rings is 1. The number of methoxy groups -OCH3 is 1. The molecule has 1 aromatic rings. The van der Waals surface area contributed by atoms with Crippen LogP contribution in [0.4, 0.5) is 0 Å². The minimum absolute atomic E-state index is 0.0558. The van der Waals surface area contributed by atoms with Gasteiger partial charge in [-0.3, -0.25) is 0 Å². The Bertz CT molecular complexity index is 413. The predicted octanol–water partition coefficient (Wildman–Crippen LogP) is 3.03. The number of aryl methyl sites for hydroxylation is 1. The standard InChI is InChI=1S/C16H25NO/c1-15(2,18-3)10-11-16(12-17)9-8-13-6-4-5-7-14(13)16/h4-7H,8-12,17H2,1-3H3. The molecule has 0 heterocycles. The van der Waals surface area contributed by atoms with Crippen LogP contribution < -0.4 is 5.73 Å². The zero-order chi connectivity index (χ0) is 13.2. The van der Waals surface area contributed by atoms with Crippen LogP contribution in [0, 0.1) is 0 Å². The first-order valence-electron chi connectivity index (χ1n) is 6.87. The minimum Gasteiger partial charge on any atom is -0.379 e. The third-order valence-electron chi connectivity index (χ3n) is 4.61. The molecule has 0 radical (unpaired) electrons. The van der Waals surface area contributed by atoms with Gasteiger partial charge in [0.1, 0.15) is 0 Å². The number of rotatable bonds is 5. The van der Waals surface area contributed by atoms with E-state index in [0.29, 0.717) is 0 Å². The van der Waals surface area contributed by atoms with Gasteiger partial charge in [-0.05, 0) is 50.7 Å². The second-order valence-corrected chi connectivity index (χ2v) is 6.11. The van der Waals surface area contributed by atoms with Crippen LogP contribution in [-0.4, -0.2) is 19.3 Å². The molecule has 2 N–H and O–H groups in total. The molecular formula is C16H25NO. The van der Waals surface area contributed by atoms with E-state index >= 15 is 0 Å². The lowest BCUT2D eigenvalue weighted by molar-refractivity contribution is 0.00880. The van der Waals surface area contributed by atoms with Gasteiger partial charge in [0, 0.05) is 19.1 Å². The van der Waals surface area contributed by atoms with E-state index < -0.39 is 0 Å². The summed E-state index contributed by atoms with van der Waals surface area (Å²) in [7, 11) is 1.79. The van der Waals surface area contributed by atoms with Crippen LogP contribution in [0.2, 0.25) is 0 Å². The van der Waals surface area contributed by atoms with Crippen molar-refractivity contribution in [1.29, 1.82) is 0 Å². The van der Waals surface area contributed by atoms with Crippen LogP contribution in [0.3, 0.4) is 0 Å². The van der Waals surface area contributed by atoms with Crippen molar-refractivity contribution in [3.05, 3.63) is 35.4 Å². The lowest BCUT2D eigenvalue weighted by Gasteiger charge is -2.33. The molecule has 0 fully saturated rings. The van der Waals surface area contributed by atoms with E-state index in [1.807, 2.05) is 0 Å². The van der Waals surface area contributed by atoms with Gasteiger partial charge in [-0.1, -0.05) is 24.3 Å². The smallest absolute Gasteiger partial charge is 0.0623 e. The molecule has 0 aromatic heterocycles. The topological polar surface area (TPSA) is 35.2 Å². The molecule has 1 aliphatic carbocycles. The lowest BCUT2D eigenvalue weighted by atomic mass is 9.76. The first kappa shape index (κ1) is 13.6. The fourth-order valence-corrected chi connectivity index (χ4v) is 2.98. The Morgan fingerprint density at radius 1 is 1.33 bits per heavy atom. The largest absolute Gasteiger partial charge is 0.379 e. The highest BCUT2D eigenvalue weighted by atomic mass is 16.5. The van der Waals surface area contributed by atoms with Gasteiger partial charge in [0.25, 0.3) is 0 Å². The molecule has 0 amide bonds. The van der Waals surface area contributed by atoms with Crippen molar-refractivity contribution in [2.75, 3.05) is 13.7 Å². The zero-order valence-corrected chi connectivity index (χ0v) is 11.8. The fraction of sp³-hybridized carbons (Fsp3) is 0.625. The van der Waals surface area contributed by atoms with E-state index in [1.54, 1.807) is 7.11 Å². The average Bonchev–Trinajstić information content (AvgIpc) is 2.76. The summed E-state index contributed by atoms with van der Waals surface area (Å²) in [6.45, 7) is 5.04. The summed E-state index contributed by atoms with van der Waals surface area (Å²) in [6.07, 6.45) is 4.51. The van der Waals surface area contributed by atoms with Gasteiger partial charge < -0.3 is 10.5 Å². The molecule has 0 saturated carbocycles. The second-order valence-electron chi connectivity index (χ2n) is 6.11. The Labute approximate surface area is 111 Å². The molecule has 100 valence electrons. The van der Waals surface area contributed by atoms with Crippen LogP contribution >= 0.6 is 0 Å². The summed E-state index contributed by atoms with van der Waals surface area (Å²) in [5, 5.41) is 0. The number of nitrogens with two attached hydrogens (primary N) is 1. The number of hydrogen-bond donors (Lipinski definition) is 1. The third kappa shape index (κ3) is 2.45. The van der Waals surface area contributed by atoms with E-state index in [2.05, 4.69) is 38.1 Å². The summed E-state index contributed by atoms with van der Waals surface area (Å²) < 4.78 is 5.53. The van der Waals surface area contributed by atoms with Crippen LogP contribution in [-0.2, 0) is 16.6 Å². The van der Waals surface area contributed by atoms with Crippen LogP contribution in [0.1, 0.15) is 44.2 Å². The number of fused-ring (bicyclic) bond motifs is 1. The van der Waals surface area contributed by atoms with Crippen molar-refractivity contribution < 1.29 is 4.74 Å². The third-order valence-corrected chi connectivity index (χ3v) is 4.61. The van der Waals surface area contributed by atoms with E-state index in [9.17, 15) is 0 Å². The Balaban J connectivity index is 2.19. The minimum atomic E-state index is -0.0558. The van der Waals surface area contributed by atoms with E-state index in [4.69, 9.17) is 10.5 Å². The molecule has 1 atom stereocenters. The van der Waals surface area contributed by atoms with Crippen molar-refractivity contribution in [3.8, 4) is 0 Å². The normalized spacial score (nSPS) is 23.1. The Hall–Kier alpha value is -0.860. The average molecular weight is 247 g/mol. The molecule has 1 aliphatic rings. The molecule has 18 heavy (non-hydrogen) atoms. The summed E-state index contributed by atoms with van der Waals surface area (Å²) in [5.74, 6) is 0. The first-order chi connectivity index (χ1) is 8.53. The maximum absolute atomic E-state index is 6.11. The maximum Gasteiger partial charge on any atom is 0.0623 e. The SMILES string of the molecule is COC(C)(C)CCC1(CN)CCc2ccccc21. The Morgan fingerprint density at radius 3 is 2.72 bits per heavy atom. The zero-order valence-electron chi connectivity index (χ0n) is 11.8. The molecule has 0 saturated heterocycles. The highest BCUT2D eigenvalue weighted by Crippen LogP contribution is 2.42. The molecule has 2 heteroatoms. The molecule has 0 aliphatic heterocycles. The van der Waals surface area contributed by atoms with Gasteiger partial charge in [-0.2, -0.15) is 0 Å².